The second-order valence-electron chi connectivity index (χ2n) is 7.18. The van der Waals surface area contributed by atoms with Crippen molar-refractivity contribution in [2.75, 3.05) is 32.8 Å². The third kappa shape index (κ3) is 3.26. The Kier molecular flexibility index (Phi) is 4.79. The molecule has 0 aromatic rings. The summed E-state index contributed by atoms with van der Waals surface area (Å²) in [5, 5.41) is 3.86. The maximum atomic E-state index is 5.50. The molecule has 0 aromatic heterocycles. The predicted octanol–water partition coefficient (Wildman–Crippen LogP) is 2.29. The maximum Gasteiger partial charge on any atom is 0.0594 e. The van der Waals surface area contributed by atoms with E-state index in [0.29, 0.717) is 6.04 Å². The second-order valence-corrected chi connectivity index (χ2v) is 7.18. The van der Waals surface area contributed by atoms with Crippen molar-refractivity contribution in [1.82, 2.24) is 10.2 Å². The minimum Gasteiger partial charge on any atom is -0.379 e. The molecule has 0 amide bonds. The van der Waals surface area contributed by atoms with Gasteiger partial charge in [-0.15, -0.1) is 0 Å². The molecule has 3 heteroatoms. The Labute approximate surface area is 123 Å². The normalized spacial score (nSPS) is 35.0. The molecule has 0 bridgehead atoms. The first-order chi connectivity index (χ1) is 9.74. The second kappa shape index (κ2) is 6.59. The summed E-state index contributed by atoms with van der Waals surface area (Å²) in [6, 6.07) is 1.43. The molecule has 0 spiro atoms. The lowest BCUT2D eigenvalue weighted by Gasteiger charge is -2.43. The summed E-state index contributed by atoms with van der Waals surface area (Å²) >= 11 is 0. The molecule has 20 heavy (non-hydrogen) atoms. The summed E-state index contributed by atoms with van der Waals surface area (Å²) in [6.45, 7) is 9.86. The van der Waals surface area contributed by atoms with Gasteiger partial charge in [0, 0.05) is 31.7 Å². The van der Waals surface area contributed by atoms with Gasteiger partial charge in [-0.25, -0.2) is 0 Å². The third-order valence-electron chi connectivity index (χ3n) is 5.28. The van der Waals surface area contributed by atoms with Crippen LogP contribution in [0, 0.1) is 17.8 Å². The smallest absolute Gasteiger partial charge is 0.0594 e. The van der Waals surface area contributed by atoms with Crippen LogP contribution in [-0.2, 0) is 4.74 Å². The zero-order valence-corrected chi connectivity index (χ0v) is 13.1. The minimum absolute atomic E-state index is 0.684. The lowest BCUT2D eigenvalue weighted by Crippen LogP contribution is -2.54. The lowest BCUT2D eigenvalue weighted by atomic mass is 9.71. The SMILES string of the molecule is CC(C)CC(CNC1CC2CC=CC21)N1CCOCC1. The third-order valence-corrected chi connectivity index (χ3v) is 5.28. The Morgan fingerprint density at radius 1 is 1.30 bits per heavy atom. The van der Waals surface area contributed by atoms with Gasteiger partial charge in [-0.05, 0) is 37.0 Å². The van der Waals surface area contributed by atoms with E-state index in [1.807, 2.05) is 0 Å². The molecular weight excluding hydrogens is 248 g/mol. The number of hydrogen-bond donors (Lipinski definition) is 1. The average Bonchev–Trinajstić information content (AvgIpc) is 2.80. The zero-order chi connectivity index (χ0) is 13.9. The molecule has 114 valence electrons. The van der Waals surface area contributed by atoms with Crippen LogP contribution in [0.2, 0.25) is 0 Å². The Bertz CT molecular complexity index is 336. The summed E-state index contributed by atoms with van der Waals surface area (Å²) in [6.07, 6.45) is 8.82. The van der Waals surface area contributed by atoms with E-state index in [1.165, 1.54) is 19.3 Å². The van der Waals surface area contributed by atoms with E-state index in [2.05, 4.69) is 36.2 Å². The number of nitrogens with one attached hydrogen (secondary N) is 1. The van der Waals surface area contributed by atoms with E-state index in [9.17, 15) is 0 Å². The Balaban J connectivity index is 1.49. The van der Waals surface area contributed by atoms with Gasteiger partial charge in [0.05, 0.1) is 13.2 Å². The van der Waals surface area contributed by atoms with E-state index < -0.39 is 0 Å². The van der Waals surface area contributed by atoms with Crippen LogP contribution in [0.25, 0.3) is 0 Å². The number of allylic oxidation sites excluding steroid dienone is 1. The quantitative estimate of drug-likeness (QED) is 0.755. The van der Waals surface area contributed by atoms with Crippen molar-refractivity contribution < 1.29 is 4.74 Å². The molecule has 3 aliphatic rings. The molecule has 0 radical (unpaired) electrons. The first-order valence-electron chi connectivity index (χ1n) is 8.46. The highest BCUT2D eigenvalue weighted by Gasteiger charge is 2.40. The zero-order valence-electron chi connectivity index (χ0n) is 13.1. The van der Waals surface area contributed by atoms with Crippen molar-refractivity contribution in [2.45, 2.75) is 45.2 Å². The predicted molar refractivity (Wildman–Crippen MR) is 82.8 cm³/mol. The highest BCUT2D eigenvalue weighted by atomic mass is 16.5. The first kappa shape index (κ1) is 14.6. The van der Waals surface area contributed by atoms with Crippen LogP contribution in [0.3, 0.4) is 0 Å². The number of nitrogens with zero attached hydrogens (tertiary/aromatic N) is 1. The molecule has 2 aliphatic carbocycles. The van der Waals surface area contributed by atoms with Gasteiger partial charge in [0.2, 0.25) is 0 Å². The molecule has 4 atom stereocenters. The molecule has 1 heterocycles. The van der Waals surface area contributed by atoms with Crippen molar-refractivity contribution >= 4 is 0 Å². The summed E-state index contributed by atoms with van der Waals surface area (Å²) < 4.78 is 5.50. The maximum absolute atomic E-state index is 5.50. The number of rotatable bonds is 6. The summed E-state index contributed by atoms with van der Waals surface area (Å²) in [5.74, 6) is 2.56. The fourth-order valence-corrected chi connectivity index (χ4v) is 4.08. The Hall–Kier alpha value is -0.380. The van der Waals surface area contributed by atoms with Crippen LogP contribution in [0.15, 0.2) is 12.2 Å². The molecule has 3 rings (SSSR count). The van der Waals surface area contributed by atoms with Gasteiger partial charge in [-0.1, -0.05) is 26.0 Å². The number of ether oxygens (including phenoxy) is 1. The van der Waals surface area contributed by atoms with Crippen molar-refractivity contribution in [2.24, 2.45) is 17.8 Å². The highest BCUT2D eigenvalue weighted by Crippen LogP contribution is 2.42. The van der Waals surface area contributed by atoms with Crippen molar-refractivity contribution in [3.63, 3.8) is 0 Å². The van der Waals surface area contributed by atoms with Gasteiger partial charge in [-0.3, -0.25) is 4.90 Å². The van der Waals surface area contributed by atoms with Gasteiger partial charge in [0.1, 0.15) is 0 Å². The number of morpholine rings is 1. The minimum atomic E-state index is 0.684. The molecule has 1 N–H and O–H groups in total. The van der Waals surface area contributed by atoms with E-state index in [0.717, 1.165) is 56.6 Å². The first-order valence-corrected chi connectivity index (χ1v) is 8.46. The summed E-state index contributed by atoms with van der Waals surface area (Å²) in [7, 11) is 0. The van der Waals surface area contributed by atoms with Gasteiger partial charge in [0.15, 0.2) is 0 Å². The van der Waals surface area contributed by atoms with Gasteiger partial charge >= 0.3 is 0 Å². The van der Waals surface area contributed by atoms with Crippen molar-refractivity contribution in [3.05, 3.63) is 12.2 Å². The summed E-state index contributed by atoms with van der Waals surface area (Å²) in [4.78, 5) is 2.64. The molecule has 1 saturated carbocycles. The molecule has 2 fully saturated rings. The van der Waals surface area contributed by atoms with Gasteiger partial charge < -0.3 is 10.1 Å². The Morgan fingerprint density at radius 3 is 2.80 bits per heavy atom. The molecule has 1 aliphatic heterocycles. The molecule has 0 aromatic carbocycles. The number of hydrogen-bond acceptors (Lipinski definition) is 3. The summed E-state index contributed by atoms with van der Waals surface area (Å²) in [5.41, 5.74) is 0. The van der Waals surface area contributed by atoms with Gasteiger partial charge in [-0.2, -0.15) is 0 Å². The molecule has 3 nitrogen and oxygen atoms in total. The van der Waals surface area contributed by atoms with E-state index in [1.54, 1.807) is 0 Å². The lowest BCUT2D eigenvalue weighted by molar-refractivity contribution is 0.00970. The van der Waals surface area contributed by atoms with Crippen molar-refractivity contribution in [3.8, 4) is 0 Å². The fraction of sp³-hybridized carbons (Fsp3) is 0.882. The van der Waals surface area contributed by atoms with Crippen LogP contribution in [-0.4, -0.2) is 49.8 Å². The van der Waals surface area contributed by atoms with Crippen LogP contribution in [0.5, 0.6) is 0 Å². The highest BCUT2D eigenvalue weighted by molar-refractivity contribution is 5.13. The topological polar surface area (TPSA) is 24.5 Å². The molecular formula is C17H30N2O. The van der Waals surface area contributed by atoms with Gasteiger partial charge in [0.25, 0.3) is 0 Å². The Morgan fingerprint density at radius 2 is 2.10 bits per heavy atom. The standard InChI is InChI=1S/C17H30N2O/c1-13(2)10-15(19-6-8-20-9-7-19)12-18-17-11-14-4-3-5-16(14)17/h3,5,13-18H,4,6-12H2,1-2H3. The van der Waals surface area contributed by atoms with Crippen LogP contribution >= 0.6 is 0 Å². The van der Waals surface area contributed by atoms with Crippen molar-refractivity contribution in [1.29, 1.82) is 0 Å². The van der Waals surface area contributed by atoms with Crippen LogP contribution in [0.1, 0.15) is 33.1 Å². The molecule has 4 unspecified atom stereocenters. The average molecular weight is 278 g/mol. The van der Waals surface area contributed by atoms with E-state index in [4.69, 9.17) is 4.74 Å². The number of fused-ring (bicyclic) bond motifs is 1. The van der Waals surface area contributed by atoms with Crippen LogP contribution < -0.4 is 5.32 Å². The monoisotopic (exact) mass is 278 g/mol. The van der Waals surface area contributed by atoms with E-state index in [-0.39, 0.29) is 0 Å². The molecule has 1 saturated heterocycles. The van der Waals surface area contributed by atoms with E-state index >= 15 is 0 Å². The fourth-order valence-electron chi connectivity index (χ4n) is 4.08. The van der Waals surface area contributed by atoms with Crippen LogP contribution in [0.4, 0.5) is 0 Å². The largest absolute Gasteiger partial charge is 0.379 e.